The Hall–Kier alpha value is -2.63. The molecule has 1 unspecified atom stereocenters. The number of imidazole rings is 1. The fourth-order valence-electron chi connectivity index (χ4n) is 2.65. The van der Waals surface area contributed by atoms with Crippen LogP contribution in [-0.4, -0.2) is 15.2 Å². The maximum absolute atomic E-state index is 12.6. The number of ketones is 1. The Bertz CT molecular complexity index is 866. The Morgan fingerprint density at radius 2 is 1.88 bits per heavy atom. The fourth-order valence-corrected chi connectivity index (χ4v) is 2.65. The lowest BCUT2D eigenvalue weighted by atomic mass is 9.95. The van der Waals surface area contributed by atoms with E-state index in [4.69, 9.17) is 0 Å². The minimum atomic E-state index is -4.37. The summed E-state index contributed by atoms with van der Waals surface area (Å²) in [5.74, 6) is -0.443. The van der Waals surface area contributed by atoms with E-state index >= 15 is 0 Å². The summed E-state index contributed by atoms with van der Waals surface area (Å²) in [6, 6.07) is 10.2. The molecule has 0 amide bonds. The first-order chi connectivity index (χ1) is 11.4. The molecular formula is C18H15F3N2O. The standard InChI is InChI=1S/C18H15F3N2O/c1-12(15-3-2-4-17-22-9-10-23(15)17)16(24)11-13-5-7-14(8-6-13)18(19,20)21/h2-10,12H,11H2,1H3. The van der Waals surface area contributed by atoms with Crippen LogP contribution >= 0.6 is 0 Å². The molecule has 6 heteroatoms. The zero-order valence-corrected chi connectivity index (χ0v) is 12.9. The number of benzene rings is 1. The lowest BCUT2D eigenvalue weighted by Crippen LogP contribution is -2.15. The zero-order chi connectivity index (χ0) is 17.3. The SMILES string of the molecule is CC(C(=O)Cc1ccc(C(F)(F)F)cc1)c1cccc2nccn12. The van der Waals surface area contributed by atoms with Gasteiger partial charge in [0.25, 0.3) is 0 Å². The normalized spacial score (nSPS) is 13.2. The Labute approximate surface area is 136 Å². The van der Waals surface area contributed by atoms with Crippen LogP contribution in [0, 0.1) is 0 Å². The summed E-state index contributed by atoms with van der Waals surface area (Å²) in [6.45, 7) is 1.79. The van der Waals surface area contributed by atoms with Crippen molar-refractivity contribution in [1.82, 2.24) is 9.38 Å². The second kappa shape index (κ2) is 6.11. The summed E-state index contributed by atoms with van der Waals surface area (Å²) in [4.78, 5) is 16.7. The summed E-state index contributed by atoms with van der Waals surface area (Å²) in [5, 5.41) is 0. The molecule has 0 saturated carbocycles. The van der Waals surface area contributed by atoms with Crippen molar-refractivity contribution in [2.24, 2.45) is 0 Å². The van der Waals surface area contributed by atoms with E-state index in [2.05, 4.69) is 4.98 Å². The molecule has 0 N–H and O–H groups in total. The molecule has 0 aliphatic carbocycles. The highest BCUT2D eigenvalue weighted by Crippen LogP contribution is 2.29. The van der Waals surface area contributed by atoms with Gasteiger partial charge in [-0.05, 0) is 36.8 Å². The molecule has 0 saturated heterocycles. The van der Waals surface area contributed by atoms with Crippen LogP contribution in [0.25, 0.3) is 5.65 Å². The summed E-state index contributed by atoms with van der Waals surface area (Å²) in [6.07, 6.45) is -0.838. The van der Waals surface area contributed by atoms with Crippen LogP contribution in [-0.2, 0) is 17.4 Å². The molecule has 3 nitrogen and oxygen atoms in total. The van der Waals surface area contributed by atoms with Gasteiger partial charge in [0.05, 0.1) is 11.5 Å². The molecule has 0 bridgehead atoms. The van der Waals surface area contributed by atoms with E-state index in [-0.39, 0.29) is 18.1 Å². The number of pyridine rings is 1. The van der Waals surface area contributed by atoms with Gasteiger partial charge in [-0.1, -0.05) is 18.2 Å². The molecule has 0 aliphatic heterocycles. The number of carbonyl (C=O) groups excluding carboxylic acids is 1. The topological polar surface area (TPSA) is 34.4 Å². The average molecular weight is 332 g/mol. The van der Waals surface area contributed by atoms with Crippen LogP contribution in [0.5, 0.6) is 0 Å². The van der Waals surface area contributed by atoms with Gasteiger partial charge in [0.15, 0.2) is 0 Å². The Morgan fingerprint density at radius 3 is 2.54 bits per heavy atom. The minimum absolute atomic E-state index is 0.0593. The van der Waals surface area contributed by atoms with Gasteiger partial charge in [-0.25, -0.2) is 4.98 Å². The average Bonchev–Trinajstić information content (AvgIpc) is 3.02. The third-order valence-corrected chi connectivity index (χ3v) is 4.05. The molecule has 2 heterocycles. The van der Waals surface area contributed by atoms with Crippen molar-refractivity contribution in [1.29, 1.82) is 0 Å². The van der Waals surface area contributed by atoms with Crippen LogP contribution in [0.15, 0.2) is 54.9 Å². The molecule has 0 fully saturated rings. The maximum atomic E-state index is 12.6. The highest BCUT2D eigenvalue weighted by Gasteiger charge is 2.30. The smallest absolute Gasteiger partial charge is 0.303 e. The number of nitrogens with zero attached hydrogens (tertiary/aromatic N) is 2. The second-order valence-corrected chi connectivity index (χ2v) is 5.67. The number of halogens is 3. The number of rotatable bonds is 4. The second-order valence-electron chi connectivity index (χ2n) is 5.67. The van der Waals surface area contributed by atoms with Crippen molar-refractivity contribution < 1.29 is 18.0 Å². The van der Waals surface area contributed by atoms with Gasteiger partial charge in [0.1, 0.15) is 11.4 Å². The van der Waals surface area contributed by atoms with E-state index in [0.29, 0.717) is 5.56 Å². The number of hydrogen-bond acceptors (Lipinski definition) is 2. The van der Waals surface area contributed by atoms with Crippen molar-refractivity contribution >= 4 is 11.4 Å². The van der Waals surface area contributed by atoms with E-state index < -0.39 is 11.7 Å². The molecule has 3 aromatic rings. The van der Waals surface area contributed by atoms with E-state index in [1.807, 2.05) is 22.6 Å². The first kappa shape index (κ1) is 16.2. The molecule has 124 valence electrons. The molecule has 2 aromatic heterocycles. The van der Waals surface area contributed by atoms with Crippen LogP contribution in [0.1, 0.15) is 29.7 Å². The van der Waals surface area contributed by atoms with Crippen LogP contribution < -0.4 is 0 Å². The molecule has 24 heavy (non-hydrogen) atoms. The molecule has 0 spiro atoms. The highest BCUT2D eigenvalue weighted by molar-refractivity contribution is 5.87. The Kier molecular flexibility index (Phi) is 4.13. The van der Waals surface area contributed by atoms with Gasteiger partial charge in [-0.2, -0.15) is 13.2 Å². The maximum Gasteiger partial charge on any atom is 0.416 e. The van der Waals surface area contributed by atoms with Crippen molar-refractivity contribution in [3.8, 4) is 0 Å². The van der Waals surface area contributed by atoms with Gasteiger partial charge in [0.2, 0.25) is 0 Å². The Balaban J connectivity index is 1.78. The quantitative estimate of drug-likeness (QED) is 0.715. The van der Waals surface area contributed by atoms with Crippen molar-refractivity contribution in [3.63, 3.8) is 0 Å². The monoisotopic (exact) mass is 332 g/mol. The molecule has 1 aromatic carbocycles. The van der Waals surface area contributed by atoms with Gasteiger partial charge in [-0.3, -0.25) is 4.79 Å². The number of hydrogen-bond donors (Lipinski definition) is 0. The summed E-state index contributed by atoms with van der Waals surface area (Å²) >= 11 is 0. The predicted molar refractivity (Wildman–Crippen MR) is 83.8 cm³/mol. The van der Waals surface area contributed by atoms with Crippen LogP contribution in [0.3, 0.4) is 0 Å². The number of fused-ring (bicyclic) bond motifs is 1. The summed E-state index contributed by atoms with van der Waals surface area (Å²) in [5.41, 5.74) is 1.41. The van der Waals surface area contributed by atoms with E-state index in [1.54, 1.807) is 19.3 Å². The van der Waals surface area contributed by atoms with Crippen molar-refractivity contribution in [3.05, 3.63) is 71.7 Å². The first-order valence-electron chi connectivity index (χ1n) is 7.47. The lowest BCUT2D eigenvalue weighted by Gasteiger charge is -2.13. The number of Topliss-reactive ketones (excluding diaryl/α,β-unsaturated/α-hetero) is 1. The molecular weight excluding hydrogens is 317 g/mol. The van der Waals surface area contributed by atoms with E-state index in [0.717, 1.165) is 23.5 Å². The summed E-state index contributed by atoms with van der Waals surface area (Å²) in [7, 11) is 0. The van der Waals surface area contributed by atoms with Gasteiger partial charge >= 0.3 is 6.18 Å². The van der Waals surface area contributed by atoms with Crippen LogP contribution in [0.4, 0.5) is 13.2 Å². The van der Waals surface area contributed by atoms with E-state index in [1.165, 1.54) is 12.1 Å². The number of alkyl halides is 3. The van der Waals surface area contributed by atoms with Gasteiger partial charge < -0.3 is 4.40 Å². The van der Waals surface area contributed by atoms with Gasteiger partial charge in [-0.15, -0.1) is 0 Å². The fraction of sp³-hybridized carbons (Fsp3) is 0.222. The molecule has 1 atom stereocenters. The largest absolute Gasteiger partial charge is 0.416 e. The van der Waals surface area contributed by atoms with Crippen LogP contribution in [0.2, 0.25) is 0 Å². The number of carbonyl (C=O) groups is 1. The molecule has 3 rings (SSSR count). The van der Waals surface area contributed by atoms with Crippen molar-refractivity contribution in [2.75, 3.05) is 0 Å². The lowest BCUT2D eigenvalue weighted by molar-refractivity contribution is -0.137. The predicted octanol–water partition coefficient (Wildman–Crippen LogP) is 4.27. The third-order valence-electron chi connectivity index (χ3n) is 4.05. The molecule has 0 radical (unpaired) electrons. The molecule has 0 aliphatic rings. The first-order valence-corrected chi connectivity index (χ1v) is 7.47. The van der Waals surface area contributed by atoms with Crippen molar-refractivity contribution in [2.45, 2.75) is 25.4 Å². The van der Waals surface area contributed by atoms with E-state index in [9.17, 15) is 18.0 Å². The zero-order valence-electron chi connectivity index (χ0n) is 12.9. The minimum Gasteiger partial charge on any atom is -0.303 e. The Morgan fingerprint density at radius 1 is 1.17 bits per heavy atom. The van der Waals surface area contributed by atoms with Gasteiger partial charge in [0, 0.05) is 24.5 Å². The summed E-state index contributed by atoms with van der Waals surface area (Å²) < 4.78 is 39.6. The number of aromatic nitrogens is 2. The highest BCUT2D eigenvalue weighted by atomic mass is 19.4. The third kappa shape index (κ3) is 3.18.